The molecule has 2 heterocycles. The summed E-state index contributed by atoms with van der Waals surface area (Å²) in [5.41, 5.74) is 1.46. The molecule has 1 aliphatic heterocycles. The number of hydrogen-bond acceptors (Lipinski definition) is 5. The van der Waals surface area contributed by atoms with Crippen molar-refractivity contribution < 1.29 is 13.9 Å². The molecule has 0 bridgehead atoms. The standard InChI is InChI=1S/C18H16FN3O2/c19-14-3-1-2-13-17(14)21-11-22-18(13)20-7-6-12-4-5-15-16(10-12)24-9-8-23-15/h1-5,10-11H,6-9H2,(H,20,21,22). The van der Waals surface area contributed by atoms with Gasteiger partial charge in [-0.25, -0.2) is 14.4 Å². The topological polar surface area (TPSA) is 56.3 Å². The van der Waals surface area contributed by atoms with E-state index in [0.29, 0.717) is 36.5 Å². The molecular weight excluding hydrogens is 309 g/mol. The van der Waals surface area contributed by atoms with Gasteiger partial charge in [-0.3, -0.25) is 0 Å². The van der Waals surface area contributed by atoms with E-state index in [0.717, 1.165) is 23.5 Å². The Bertz CT molecular complexity index is 885. The van der Waals surface area contributed by atoms with Gasteiger partial charge in [-0.15, -0.1) is 0 Å². The molecular formula is C18H16FN3O2. The first-order valence-corrected chi connectivity index (χ1v) is 7.83. The molecule has 0 saturated carbocycles. The number of nitrogens with one attached hydrogen (secondary N) is 1. The van der Waals surface area contributed by atoms with E-state index >= 15 is 0 Å². The van der Waals surface area contributed by atoms with Crippen molar-refractivity contribution in [2.24, 2.45) is 0 Å². The van der Waals surface area contributed by atoms with E-state index in [1.807, 2.05) is 24.3 Å². The fraction of sp³-hybridized carbons (Fsp3) is 0.222. The minimum absolute atomic E-state index is 0.328. The Morgan fingerprint density at radius 2 is 1.92 bits per heavy atom. The van der Waals surface area contributed by atoms with Crippen LogP contribution in [0.1, 0.15) is 5.56 Å². The highest BCUT2D eigenvalue weighted by atomic mass is 19.1. The number of ether oxygens (including phenoxy) is 2. The molecule has 0 radical (unpaired) electrons. The molecule has 0 amide bonds. The van der Waals surface area contributed by atoms with Crippen LogP contribution in [0, 0.1) is 5.82 Å². The number of para-hydroxylation sites is 1. The monoisotopic (exact) mass is 325 g/mol. The molecule has 0 spiro atoms. The number of anilines is 1. The lowest BCUT2D eigenvalue weighted by Gasteiger charge is -2.19. The second-order valence-electron chi connectivity index (χ2n) is 5.51. The molecule has 1 aliphatic rings. The predicted octanol–water partition coefficient (Wildman–Crippen LogP) is 3.19. The molecule has 0 atom stereocenters. The van der Waals surface area contributed by atoms with Crippen molar-refractivity contribution in [3.63, 3.8) is 0 Å². The van der Waals surface area contributed by atoms with Crippen LogP contribution in [0.15, 0.2) is 42.7 Å². The Balaban J connectivity index is 1.47. The van der Waals surface area contributed by atoms with Gasteiger partial charge in [0.25, 0.3) is 0 Å². The van der Waals surface area contributed by atoms with E-state index in [1.165, 1.54) is 12.4 Å². The zero-order chi connectivity index (χ0) is 16.4. The van der Waals surface area contributed by atoms with E-state index in [4.69, 9.17) is 9.47 Å². The number of aromatic nitrogens is 2. The van der Waals surface area contributed by atoms with Gasteiger partial charge >= 0.3 is 0 Å². The Kier molecular flexibility index (Phi) is 3.86. The van der Waals surface area contributed by atoms with Crippen LogP contribution in [-0.2, 0) is 6.42 Å². The number of halogens is 1. The minimum Gasteiger partial charge on any atom is -0.486 e. The summed E-state index contributed by atoms with van der Waals surface area (Å²) in [6, 6.07) is 10.8. The normalized spacial score (nSPS) is 13.0. The Morgan fingerprint density at radius 3 is 2.83 bits per heavy atom. The fourth-order valence-electron chi connectivity index (χ4n) is 2.76. The van der Waals surface area contributed by atoms with E-state index in [2.05, 4.69) is 15.3 Å². The zero-order valence-corrected chi connectivity index (χ0v) is 13.0. The van der Waals surface area contributed by atoms with Crippen LogP contribution in [0.25, 0.3) is 10.9 Å². The zero-order valence-electron chi connectivity index (χ0n) is 13.0. The van der Waals surface area contributed by atoms with Gasteiger partial charge in [0.2, 0.25) is 0 Å². The van der Waals surface area contributed by atoms with Crippen molar-refractivity contribution in [2.45, 2.75) is 6.42 Å². The third kappa shape index (κ3) is 2.82. The van der Waals surface area contributed by atoms with Gasteiger partial charge in [0.15, 0.2) is 11.5 Å². The molecule has 1 aromatic heterocycles. The fourth-order valence-corrected chi connectivity index (χ4v) is 2.76. The number of fused-ring (bicyclic) bond motifs is 2. The molecule has 3 aromatic rings. The van der Waals surface area contributed by atoms with Crippen LogP contribution < -0.4 is 14.8 Å². The maximum Gasteiger partial charge on any atom is 0.161 e. The molecule has 6 heteroatoms. The third-order valence-corrected chi connectivity index (χ3v) is 3.93. The van der Waals surface area contributed by atoms with Gasteiger partial charge in [-0.1, -0.05) is 12.1 Å². The smallest absolute Gasteiger partial charge is 0.161 e. The van der Waals surface area contributed by atoms with Crippen molar-refractivity contribution in [2.75, 3.05) is 25.1 Å². The molecule has 2 aromatic carbocycles. The van der Waals surface area contributed by atoms with Crippen molar-refractivity contribution in [3.8, 4) is 11.5 Å². The summed E-state index contributed by atoms with van der Waals surface area (Å²) in [5, 5.41) is 3.93. The highest BCUT2D eigenvalue weighted by Crippen LogP contribution is 2.31. The quantitative estimate of drug-likeness (QED) is 0.798. The second kappa shape index (κ2) is 6.31. The Labute approximate surface area is 138 Å². The first kappa shape index (κ1) is 14.7. The lowest BCUT2D eigenvalue weighted by molar-refractivity contribution is 0.171. The molecule has 4 rings (SSSR count). The maximum atomic E-state index is 13.8. The van der Waals surface area contributed by atoms with Crippen LogP contribution in [0.2, 0.25) is 0 Å². The summed E-state index contributed by atoms with van der Waals surface area (Å²) in [5.74, 6) is 1.87. The summed E-state index contributed by atoms with van der Waals surface area (Å²) in [7, 11) is 0. The van der Waals surface area contributed by atoms with Gasteiger partial charge in [0.05, 0.1) is 0 Å². The van der Waals surface area contributed by atoms with E-state index in [9.17, 15) is 4.39 Å². The summed E-state index contributed by atoms with van der Waals surface area (Å²) in [6.45, 7) is 1.83. The molecule has 0 saturated heterocycles. The highest BCUT2D eigenvalue weighted by molar-refractivity contribution is 5.89. The lowest BCUT2D eigenvalue weighted by Crippen LogP contribution is -2.15. The maximum absolute atomic E-state index is 13.8. The van der Waals surface area contributed by atoms with E-state index < -0.39 is 0 Å². The number of nitrogens with zero attached hydrogens (tertiary/aromatic N) is 2. The average molecular weight is 325 g/mol. The molecule has 0 fully saturated rings. The number of hydrogen-bond donors (Lipinski definition) is 1. The molecule has 0 unspecified atom stereocenters. The van der Waals surface area contributed by atoms with Gasteiger partial charge in [-0.2, -0.15) is 0 Å². The molecule has 122 valence electrons. The van der Waals surface area contributed by atoms with Crippen molar-refractivity contribution >= 4 is 16.7 Å². The average Bonchev–Trinajstić information content (AvgIpc) is 2.62. The van der Waals surface area contributed by atoms with E-state index in [-0.39, 0.29) is 5.82 Å². The first-order chi connectivity index (χ1) is 11.8. The van der Waals surface area contributed by atoms with Crippen LogP contribution in [0.3, 0.4) is 0 Å². The van der Waals surface area contributed by atoms with Crippen LogP contribution in [-0.4, -0.2) is 29.7 Å². The van der Waals surface area contributed by atoms with Gasteiger partial charge in [0, 0.05) is 11.9 Å². The molecule has 5 nitrogen and oxygen atoms in total. The predicted molar refractivity (Wildman–Crippen MR) is 89.1 cm³/mol. The lowest BCUT2D eigenvalue weighted by atomic mass is 10.1. The van der Waals surface area contributed by atoms with Crippen molar-refractivity contribution in [1.82, 2.24) is 9.97 Å². The Hall–Kier alpha value is -2.89. The third-order valence-electron chi connectivity index (χ3n) is 3.93. The summed E-state index contributed by atoms with van der Waals surface area (Å²) in [4.78, 5) is 8.22. The second-order valence-corrected chi connectivity index (χ2v) is 5.51. The van der Waals surface area contributed by atoms with Gasteiger partial charge in [-0.05, 0) is 36.2 Å². The first-order valence-electron chi connectivity index (χ1n) is 7.83. The van der Waals surface area contributed by atoms with Crippen molar-refractivity contribution in [3.05, 3.63) is 54.1 Å². The summed E-state index contributed by atoms with van der Waals surface area (Å²) >= 11 is 0. The SMILES string of the molecule is Fc1cccc2c(NCCc3ccc4c(c3)OCCO4)ncnc12. The van der Waals surface area contributed by atoms with Crippen LogP contribution in [0.5, 0.6) is 11.5 Å². The highest BCUT2D eigenvalue weighted by Gasteiger charge is 2.12. The number of rotatable bonds is 4. The van der Waals surface area contributed by atoms with E-state index in [1.54, 1.807) is 6.07 Å². The molecule has 24 heavy (non-hydrogen) atoms. The molecule has 0 aliphatic carbocycles. The minimum atomic E-state index is -0.343. The van der Waals surface area contributed by atoms with Crippen LogP contribution >= 0.6 is 0 Å². The van der Waals surface area contributed by atoms with Crippen LogP contribution in [0.4, 0.5) is 10.2 Å². The number of benzene rings is 2. The van der Waals surface area contributed by atoms with Gasteiger partial charge in [0.1, 0.15) is 36.7 Å². The largest absolute Gasteiger partial charge is 0.486 e. The summed E-state index contributed by atoms with van der Waals surface area (Å²) < 4.78 is 24.9. The Morgan fingerprint density at radius 1 is 1.04 bits per heavy atom. The summed E-state index contributed by atoms with van der Waals surface area (Å²) in [6.07, 6.45) is 2.16. The van der Waals surface area contributed by atoms with Gasteiger partial charge < -0.3 is 14.8 Å². The van der Waals surface area contributed by atoms with Crippen molar-refractivity contribution in [1.29, 1.82) is 0 Å². The molecule has 1 N–H and O–H groups in total.